The monoisotopic (exact) mass is 516 g/mol. The maximum Gasteiger partial charge on any atom is 0.311 e. The Bertz CT molecular complexity index is 820. The molecule has 0 amide bonds. The minimum atomic E-state index is -1.75. The Morgan fingerprint density at radius 2 is 0.917 bits per heavy atom. The van der Waals surface area contributed by atoms with Crippen molar-refractivity contribution in [1.29, 1.82) is 0 Å². The lowest BCUT2D eigenvalue weighted by atomic mass is 9.93. The number of esters is 4. The van der Waals surface area contributed by atoms with Crippen LogP contribution in [0.2, 0.25) is 0 Å². The Morgan fingerprint density at radius 3 is 1.28 bits per heavy atom. The van der Waals surface area contributed by atoms with Crippen LogP contribution in [0.15, 0.2) is 0 Å². The molecule has 10 nitrogen and oxygen atoms in total. The topological polar surface area (TPSA) is 135 Å². The maximum atomic E-state index is 12.9. The number of aliphatic hydroxyl groups excluding tert-OH is 1. The number of carbonyl (C=O) groups excluding carboxylic acids is 4. The quantitative estimate of drug-likeness (QED) is 0.429. The molecule has 36 heavy (non-hydrogen) atoms. The van der Waals surface area contributed by atoms with Crippen molar-refractivity contribution in [1.82, 2.24) is 0 Å². The molecular weight excluding hydrogens is 472 g/mol. The van der Waals surface area contributed by atoms with E-state index in [1.54, 1.807) is 83.1 Å². The van der Waals surface area contributed by atoms with E-state index in [9.17, 15) is 24.3 Å². The third-order valence-electron chi connectivity index (χ3n) is 5.17. The lowest BCUT2D eigenvalue weighted by molar-refractivity contribution is -0.300. The minimum Gasteiger partial charge on any atom is -0.462 e. The van der Waals surface area contributed by atoms with Gasteiger partial charge in [0.25, 0.3) is 0 Å². The van der Waals surface area contributed by atoms with Gasteiger partial charge in [-0.05, 0) is 83.1 Å². The summed E-state index contributed by atoms with van der Waals surface area (Å²) in [5, 5.41) is 10.8. The highest BCUT2D eigenvalue weighted by molar-refractivity contribution is 5.78. The van der Waals surface area contributed by atoms with Crippen LogP contribution in [0.1, 0.15) is 83.1 Å². The van der Waals surface area contributed by atoms with Gasteiger partial charge in [0.15, 0.2) is 24.6 Å². The van der Waals surface area contributed by atoms with E-state index < -0.39 is 82.8 Å². The predicted octanol–water partition coefficient (Wildman–Crippen LogP) is 3.17. The normalized spacial score (nSPS) is 25.5. The van der Waals surface area contributed by atoms with Crippen molar-refractivity contribution >= 4 is 23.9 Å². The molecule has 1 fully saturated rings. The molecule has 5 atom stereocenters. The summed E-state index contributed by atoms with van der Waals surface area (Å²) >= 11 is 0. The largest absolute Gasteiger partial charge is 0.462 e. The zero-order valence-electron chi connectivity index (χ0n) is 23.7. The highest BCUT2D eigenvalue weighted by Crippen LogP contribution is 2.33. The molecular formula is C26H44O10. The van der Waals surface area contributed by atoms with Crippen molar-refractivity contribution in [3.63, 3.8) is 0 Å². The van der Waals surface area contributed by atoms with Crippen LogP contribution in [-0.2, 0) is 42.9 Å². The van der Waals surface area contributed by atoms with Crippen LogP contribution < -0.4 is 0 Å². The second-order valence-electron chi connectivity index (χ2n) is 13.3. The Morgan fingerprint density at radius 1 is 0.583 bits per heavy atom. The van der Waals surface area contributed by atoms with Gasteiger partial charge in [-0.3, -0.25) is 19.2 Å². The molecule has 0 spiro atoms. The molecule has 208 valence electrons. The third kappa shape index (κ3) is 8.73. The molecule has 0 aliphatic carbocycles. The second kappa shape index (κ2) is 11.0. The fraction of sp³-hybridized carbons (Fsp3) is 0.846. The molecule has 1 saturated heterocycles. The van der Waals surface area contributed by atoms with Crippen molar-refractivity contribution < 1.29 is 48.0 Å². The fourth-order valence-corrected chi connectivity index (χ4v) is 2.71. The van der Waals surface area contributed by atoms with Crippen LogP contribution in [0, 0.1) is 21.7 Å². The van der Waals surface area contributed by atoms with Crippen molar-refractivity contribution in [2.75, 3.05) is 6.61 Å². The number of carbonyl (C=O) groups is 4. The Kier molecular flexibility index (Phi) is 9.77. The summed E-state index contributed by atoms with van der Waals surface area (Å²) in [5.74, 6) is -2.57. The number of hydrogen-bond acceptors (Lipinski definition) is 10. The van der Waals surface area contributed by atoms with E-state index in [1.807, 2.05) is 0 Å². The van der Waals surface area contributed by atoms with Gasteiger partial charge in [-0.15, -0.1) is 0 Å². The molecule has 1 rings (SSSR count). The van der Waals surface area contributed by atoms with Gasteiger partial charge in [0.05, 0.1) is 21.7 Å². The molecule has 1 heterocycles. The maximum absolute atomic E-state index is 12.9. The Labute approximate surface area is 214 Å². The van der Waals surface area contributed by atoms with Gasteiger partial charge >= 0.3 is 23.9 Å². The SMILES string of the molecule is CC(C)(C)C(=O)OC[C@@H]1O[C@H](O)[C@@H](OC(=O)C(C)(C)C)[C@H](OC(=O)C(C)(C)C)[C@@H]1OC(=O)C(C)(C)C. The summed E-state index contributed by atoms with van der Waals surface area (Å²) in [7, 11) is 0. The van der Waals surface area contributed by atoms with E-state index in [-0.39, 0.29) is 0 Å². The van der Waals surface area contributed by atoms with Gasteiger partial charge < -0.3 is 28.8 Å². The summed E-state index contributed by atoms with van der Waals surface area (Å²) in [4.78, 5) is 50.8. The first-order chi connectivity index (χ1) is 16.0. The first kappa shape index (κ1) is 31.8. The standard InChI is InChI=1S/C26H44O10/c1-23(2,3)19(28)32-13-14-15(34-20(29)24(4,5)6)16(35-21(30)25(7,8)9)17(18(27)33-14)36-22(31)26(10,11)12/h14-18,27H,13H2,1-12H3/t14-,15+,16+,17-,18-/m0/s1. The molecule has 0 saturated carbocycles. The van der Waals surface area contributed by atoms with Crippen molar-refractivity contribution in [3.8, 4) is 0 Å². The lowest BCUT2D eigenvalue weighted by Crippen LogP contribution is -2.63. The van der Waals surface area contributed by atoms with Crippen molar-refractivity contribution in [3.05, 3.63) is 0 Å². The number of hydrogen-bond donors (Lipinski definition) is 1. The summed E-state index contributed by atoms with van der Waals surface area (Å²) < 4.78 is 28.0. The van der Waals surface area contributed by atoms with Crippen LogP contribution in [0.3, 0.4) is 0 Å². The van der Waals surface area contributed by atoms with Crippen LogP contribution in [0.25, 0.3) is 0 Å². The molecule has 0 bridgehead atoms. The minimum absolute atomic E-state index is 0.404. The zero-order chi connectivity index (χ0) is 28.4. The summed E-state index contributed by atoms with van der Waals surface area (Å²) in [6.45, 7) is 19.2. The first-order valence-corrected chi connectivity index (χ1v) is 12.1. The van der Waals surface area contributed by atoms with E-state index in [2.05, 4.69) is 0 Å². The lowest BCUT2D eigenvalue weighted by Gasteiger charge is -2.44. The Balaban J connectivity index is 3.50. The van der Waals surface area contributed by atoms with Gasteiger partial charge in [-0.25, -0.2) is 0 Å². The Hall–Kier alpha value is -2.20. The summed E-state index contributed by atoms with van der Waals surface area (Å²) in [6, 6.07) is 0. The predicted molar refractivity (Wildman–Crippen MR) is 129 cm³/mol. The van der Waals surface area contributed by atoms with E-state index in [1.165, 1.54) is 0 Å². The number of rotatable bonds is 5. The van der Waals surface area contributed by atoms with Crippen molar-refractivity contribution in [2.24, 2.45) is 21.7 Å². The molecule has 0 aromatic carbocycles. The summed E-state index contributed by atoms with van der Waals surface area (Å²) in [6.07, 6.45) is -7.25. The molecule has 0 radical (unpaired) electrons. The smallest absolute Gasteiger partial charge is 0.311 e. The average Bonchev–Trinajstić information content (AvgIpc) is 2.67. The van der Waals surface area contributed by atoms with Gasteiger partial charge in [0.1, 0.15) is 12.7 Å². The van der Waals surface area contributed by atoms with E-state index in [0.29, 0.717) is 0 Å². The molecule has 1 aliphatic heterocycles. The fourth-order valence-electron chi connectivity index (χ4n) is 2.71. The first-order valence-electron chi connectivity index (χ1n) is 12.1. The molecule has 0 unspecified atom stereocenters. The van der Waals surface area contributed by atoms with Gasteiger partial charge in [-0.2, -0.15) is 0 Å². The third-order valence-corrected chi connectivity index (χ3v) is 5.17. The van der Waals surface area contributed by atoms with E-state index >= 15 is 0 Å². The molecule has 1 aliphatic rings. The summed E-state index contributed by atoms with van der Waals surface area (Å²) in [5.41, 5.74) is -3.68. The van der Waals surface area contributed by atoms with E-state index in [0.717, 1.165) is 0 Å². The van der Waals surface area contributed by atoms with Crippen LogP contribution in [0.4, 0.5) is 0 Å². The van der Waals surface area contributed by atoms with Crippen molar-refractivity contribution in [2.45, 2.75) is 114 Å². The molecule has 0 aromatic rings. The average molecular weight is 517 g/mol. The number of aliphatic hydroxyl groups is 1. The van der Waals surface area contributed by atoms with Crippen LogP contribution in [-0.4, -0.2) is 66.3 Å². The second-order valence-corrected chi connectivity index (χ2v) is 13.3. The zero-order valence-corrected chi connectivity index (χ0v) is 23.7. The van der Waals surface area contributed by atoms with Crippen LogP contribution >= 0.6 is 0 Å². The highest BCUT2D eigenvalue weighted by Gasteiger charge is 2.54. The number of ether oxygens (including phenoxy) is 5. The van der Waals surface area contributed by atoms with E-state index in [4.69, 9.17) is 23.7 Å². The van der Waals surface area contributed by atoms with Gasteiger partial charge in [-0.1, -0.05) is 0 Å². The molecule has 10 heteroatoms. The van der Waals surface area contributed by atoms with Crippen LogP contribution in [0.5, 0.6) is 0 Å². The molecule has 1 N–H and O–H groups in total. The van der Waals surface area contributed by atoms with Gasteiger partial charge in [0, 0.05) is 0 Å². The highest BCUT2D eigenvalue weighted by atomic mass is 16.7. The molecule has 0 aromatic heterocycles. The van der Waals surface area contributed by atoms with Gasteiger partial charge in [0.2, 0.25) is 0 Å².